The Morgan fingerprint density at radius 2 is 1.85 bits per heavy atom. The van der Waals surface area contributed by atoms with Crippen LogP contribution in [-0.4, -0.2) is 58.1 Å². The lowest BCUT2D eigenvalue weighted by atomic mass is 9.59. The van der Waals surface area contributed by atoms with E-state index in [0.29, 0.717) is 52.4 Å². The van der Waals surface area contributed by atoms with Crippen LogP contribution in [-0.2, 0) is 24.0 Å². The molecule has 0 spiro atoms. The number of phenolic OH excluding ortho intramolecular Hbond substituents is 1. The van der Waals surface area contributed by atoms with E-state index in [2.05, 4.69) is 15.9 Å². The number of aliphatic carboxylic acids is 1. The molecule has 210 valence electrons. The summed E-state index contributed by atoms with van der Waals surface area (Å²) in [6.07, 6.45) is 5.43. The number of rotatable bonds is 8. The summed E-state index contributed by atoms with van der Waals surface area (Å²) >= 11 is 3.37. The Kier molecular flexibility index (Phi) is 7.56. The fourth-order valence-electron chi connectivity index (χ4n) is 6.67. The number of imide groups is 1. The van der Waals surface area contributed by atoms with Crippen molar-refractivity contribution >= 4 is 45.3 Å². The van der Waals surface area contributed by atoms with Gasteiger partial charge in [0, 0.05) is 35.6 Å². The smallest absolute Gasteiger partial charge is 0.303 e. The number of aromatic hydroxyl groups is 1. The van der Waals surface area contributed by atoms with Crippen molar-refractivity contribution in [2.24, 2.45) is 17.8 Å². The summed E-state index contributed by atoms with van der Waals surface area (Å²) in [5.74, 6) is -4.08. The number of amides is 2. The number of carbonyl (C=O) groups excluding carboxylic acids is 4. The van der Waals surface area contributed by atoms with E-state index >= 15 is 0 Å². The number of halogens is 1. The molecule has 0 radical (unpaired) electrons. The molecule has 1 heterocycles. The standard InChI is InChI=1S/C30H30BrNO8/c1-14-10-21(33)19-13-18-16(24(26(19)27(14)36)15-11-20(31)28(37)22(12-15)40-2)7-8-17-25(18)30(39)32(29(17)38)9-5-3-4-6-23(34)35/h7,10-12,17-18,24-25,37H,3-6,8-9,13H2,1-2H3,(H,34,35)/t17-,18+,24-,25-/m0/s1. The van der Waals surface area contributed by atoms with Gasteiger partial charge in [-0.15, -0.1) is 0 Å². The van der Waals surface area contributed by atoms with Gasteiger partial charge in [-0.2, -0.15) is 0 Å². The van der Waals surface area contributed by atoms with Gasteiger partial charge in [-0.25, -0.2) is 0 Å². The van der Waals surface area contributed by atoms with Crippen LogP contribution in [0.25, 0.3) is 0 Å². The quantitative estimate of drug-likeness (QED) is 0.193. The number of carbonyl (C=O) groups is 5. The second kappa shape index (κ2) is 10.8. The van der Waals surface area contributed by atoms with Crippen LogP contribution in [0, 0.1) is 17.8 Å². The normalized spacial score (nSPS) is 25.8. The molecule has 5 rings (SSSR count). The van der Waals surface area contributed by atoms with Gasteiger partial charge in [0.2, 0.25) is 11.8 Å². The molecule has 4 aliphatic rings. The minimum atomic E-state index is -0.877. The minimum Gasteiger partial charge on any atom is -0.503 e. The first-order chi connectivity index (χ1) is 19.0. The van der Waals surface area contributed by atoms with Crippen LogP contribution >= 0.6 is 15.9 Å². The number of Topliss-reactive ketones (excluding diaryl/α,β-unsaturated/α-hetero) is 1. The number of carboxylic acids is 1. The number of ether oxygens (including phenoxy) is 1. The van der Waals surface area contributed by atoms with Crippen molar-refractivity contribution in [3.8, 4) is 11.5 Å². The monoisotopic (exact) mass is 611 g/mol. The number of likely N-dealkylation sites (tertiary alicyclic amines) is 1. The molecule has 1 aromatic rings. The molecule has 1 fully saturated rings. The molecule has 1 saturated heterocycles. The van der Waals surface area contributed by atoms with Crippen molar-refractivity contribution in [1.29, 1.82) is 0 Å². The van der Waals surface area contributed by atoms with Crippen LogP contribution in [0.5, 0.6) is 11.5 Å². The SMILES string of the molecule is COc1cc([C@H]2C3=CC[C@@H]4C(=O)N(CCCCCC(=O)O)C(=O)[C@@H]4[C@@H]3CC3=C2C(=O)C(C)=CC3=O)cc(Br)c1O. The zero-order valence-electron chi connectivity index (χ0n) is 22.2. The van der Waals surface area contributed by atoms with Gasteiger partial charge in [0.25, 0.3) is 0 Å². The van der Waals surface area contributed by atoms with Crippen molar-refractivity contribution in [3.63, 3.8) is 0 Å². The second-order valence-corrected chi connectivity index (χ2v) is 11.7. The van der Waals surface area contributed by atoms with E-state index in [0.717, 1.165) is 5.57 Å². The molecule has 1 aliphatic heterocycles. The third-order valence-corrected chi connectivity index (χ3v) is 9.14. The van der Waals surface area contributed by atoms with E-state index in [1.54, 1.807) is 19.1 Å². The molecule has 2 N–H and O–H groups in total. The summed E-state index contributed by atoms with van der Waals surface area (Å²) in [6, 6.07) is 3.33. The number of ketones is 2. The first kappa shape index (κ1) is 28.0. The summed E-state index contributed by atoms with van der Waals surface area (Å²) < 4.78 is 5.73. The maximum absolute atomic E-state index is 13.7. The highest BCUT2D eigenvalue weighted by Crippen LogP contribution is 2.56. The van der Waals surface area contributed by atoms with E-state index in [-0.39, 0.29) is 54.3 Å². The molecule has 40 heavy (non-hydrogen) atoms. The molecule has 0 bridgehead atoms. The Hall–Kier alpha value is -3.53. The molecule has 0 saturated carbocycles. The first-order valence-corrected chi connectivity index (χ1v) is 14.2. The minimum absolute atomic E-state index is 0.0418. The largest absolute Gasteiger partial charge is 0.503 e. The average molecular weight is 612 g/mol. The lowest BCUT2D eigenvalue weighted by Gasteiger charge is -2.42. The molecule has 0 aromatic heterocycles. The maximum atomic E-state index is 13.7. The van der Waals surface area contributed by atoms with Crippen molar-refractivity contribution in [1.82, 2.24) is 4.90 Å². The van der Waals surface area contributed by atoms with Crippen LogP contribution < -0.4 is 4.74 Å². The van der Waals surface area contributed by atoms with Crippen LogP contribution in [0.2, 0.25) is 0 Å². The number of phenols is 1. The topological polar surface area (TPSA) is 138 Å². The number of fused-ring (bicyclic) bond motifs is 3. The number of benzene rings is 1. The number of hydrogen-bond donors (Lipinski definition) is 2. The Labute approximate surface area is 239 Å². The molecule has 0 unspecified atom stereocenters. The summed E-state index contributed by atoms with van der Waals surface area (Å²) in [7, 11) is 1.42. The number of nitrogens with zero attached hydrogens (tertiary/aromatic N) is 1. The molecule has 2 amide bonds. The fraction of sp³-hybridized carbons (Fsp3) is 0.433. The zero-order chi connectivity index (χ0) is 28.9. The van der Waals surface area contributed by atoms with Gasteiger partial charge in [0.1, 0.15) is 0 Å². The summed E-state index contributed by atoms with van der Waals surface area (Å²) in [6.45, 7) is 1.84. The number of methoxy groups -OCH3 is 1. The molecular formula is C30H30BrNO8. The highest BCUT2D eigenvalue weighted by molar-refractivity contribution is 9.10. The van der Waals surface area contributed by atoms with E-state index < -0.39 is 29.6 Å². The van der Waals surface area contributed by atoms with E-state index in [9.17, 15) is 29.1 Å². The zero-order valence-corrected chi connectivity index (χ0v) is 23.8. The third-order valence-electron chi connectivity index (χ3n) is 8.53. The first-order valence-electron chi connectivity index (χ1n) is 13.4. The van der Waals surface area contributed by atoms with Crippen LogP contribution in [0.3, 0.4) is 0 Å². The highest BCUT2D eigenvalue weighted by Gasteiger charge is 2.56. The Bertz CT molecular complexity index is 1440. The molecule has 1 aromatic carbocycles. The van der Waals surface area contributed by atoms with Crippen molar-refractivity contribution < 1.29 is 38.9 Å². The Balaban J connectivity index is 1.53. The lowest BCUT2D eigenvalue weighted by Crippen LogP contribution is -2.40. The second-order valence-electron chi connectivity index (χ2n) is 10.8. The third kappa shape index (κ3) is 4.62. The van der Waals surface area contributed by atoms with Gasteiger partial charge < -0.3 is 14.9 Å². The summed E-state index contributed by atoms with van der Waals surface area (Å²) in [5.41, 5.74) is 2.52. The Morgan fingerprint density at radius 1 is 1.10 bits per heavy atom. The van der Waals surface area contributed by atoms with Gasteiger partial charge >= 0.3 is 5.97 Å². The van der Waals surface area contributed by atoms with Crippen LogP contribution in [0.1, 0.15) is 56.9 Å². The molecular weight excluding hydrogens is 582 g/mol. The summed E-state index contributed by atoms with van der Waals surface area (Å²) in [5, 5.41) is 19.3. The van der Waals surface area contributed by atoms with E-state index in [4.69, 9.17) is 9.84 Å². The van der Waals surface area contributed by atoms with E-state index in [1.807, 2.05) is 6.08 Å². The highest BCUT2D eigenvalue weighted by atomic mass is 79.9. The number of unbranched alkanes of at least 4 members (excludes halogenated alkanes) is 2. The maximum Gasteiger partial charge on any atom is 0.303 e. The van der Waals surface area contributed by atoms with Crippen LogP contribution in [0.15, 0.2) is 51.0 Å². The van der Waals surface area contributed by atoms with Crippen molar-refractivity contribution in [2.75, 3.05) is 13.7 Å². The van der Waals surface area contributed by atoms with Crippen molar-refractivity contribution in [2.45, 2.75) is 51.4 Å². The lowest BCUT2D eigenvalue weighted by molar-refractivity contribution is -0.141. The van der Waals surface area contributed by atoms with Gasteiger partial charge in [-0.3, -0.25) is 28.9 Å². The molecule has 9 nitrogen and oxygen atoms in total. The molecule has 3 aliphatic carbocycles. The van der Waals surface area contributed by atoms with Gasteiger partial charge in [-0.1, -0.05) is 18.1 Å². The molecule has 10 heteroatoms. The Morgan fingerprint density at radius 3 is 2.55 bits per heavy atom. The fourth-order valence-corrected chi connectivity index (χ4v) is 7.13. The van der Waals surface area contributed by atoms with Crippen LogP contribution in [0.4, 0.5) is 0 Å². The number of hydrogen-bond acceptors (Lipinski definition) is 7. The summed E-state index contributed by atoms with van der Waals surface area (Å²) in [4.78, 5) is 65.9. The number of allylic oxidation sites excluding steroid dienone is 6. The molecule has 4 atom stereocenters. The predicted molar refractivity (Wildman–Crippen MR) is 147 cm³/mol. The van der Waals surface area contributed by atoms with Gasteiger partial charge in [0.05, 0.1) is 23.4 Å². The van der Waals surface area contributed by atoms with E-state index in [1.165, 1.54) is 18.1 Å². The van der Waals surface area contributed by atoms with Crippen molar-refractivity contribution in [3.05, 3.63) is 56.6 Å². The van der Waals surface area contributed by atoms with Gasteiger partial charge in [-0.05, 0) is 78.2 Å². The van der Waals surface area contributed by atoms with Gasteiger partial charge in [0.15, 0.2) is 23.1 Å². The average Bonchev–Trinajstić information content (AvgIpc) is 3.16. The predicted octanol–water partition coefficient (Wildman–Crippen LogP) is 4.24. The number of carboxylic acid groups (broad SMARTS) is 1.